The minimum absolute atomic E-state index is 0.0113. The molecule has 1 aliphatic rings. The van der Waals surface area contributed by atoms with Crippen molar-refractivity contribution in [3.63, 3.8) is 0 Å². The van der Waals surface area contributed by atoms with Crippen molar-refractivity contribution >= 4 is 6.09 Å². The third kappa shape index (κ3) is 6.44. The van der Waals surface area contributed by atoms with Crippen molar-refractivity contribution in [3.05, 3.63) is 65.9 Å². The number of nitrogens with zero attached hydrogens (tertiary/aromatic N) is 7. The number of hydrogen-bond donors (Lipinski definition) is 0. The number of aromatic nitrogens is 6. The summed E-state index contributed by atoms with van der Waals surface area (Å²) in [5.74, 6) is -0.389. The molecule has 1 saturated heterocycles. The Kier molecular flexibility index (Phi) is 7.36. The summed E-state index contributed by atoms with van der Waals surface area (Å²) in [7, 11) is 0. The van der Waals surface area contributed by atoms with E-state index in [0.29, 0.717) is 36.8 Å². The lowest BCUT2D eigenvalue weighted by Gasteiger charge is -2.33. The predicted molar refractivity (Wildman–Crippen MR) is 137 cm³/mol. The van der Waals surface area contributed by atoms with Crippen molar-refractivity contribution < 1.29 is 22.7 Å². The van der Waals surface area contributed by atoms with E-state index in [1.165, 1.54) is 11.8 Å². The molecule has 1 aromatic carbocycles. The number of benzene rings is 1. The van der Waals surface area contributed by atoms with E-state index in [1.807, 2.05) is 39.1 Å². The highest BCUT2D eigenvalue weighted by molar-refractivity contribution is 5.68. The highest BCUT2D eigenvalue weighted by Crippen LogP contribution is 2.31. The first-order chi connectivity index (χ1) is 18.6. The minimum atomic E-state index is -2.82. The number of pyridine rings is 1. The summed E-state index contributed by atoms with van der Waals surface area (Å²) in [5.41, 5.74) is 3.56. The van der Waals surface area contributed by atoms with Gasteiger partial charge in [0, 0.05) is 24.8 Å². The minimum Gasteiger partial charge on any atom is -0.444 e. The molecule has 3 aromatic heterocycles. The first kappa shape index (κ1) is 26.4. The molecule has 0 atom stereocenters. The number of hydrogen-bond acceptors (Lipinski definition) is 8. The lowest BCUT2D eigenvalue weighted by molar-refractivity contribution is 0.0205. The van der Waals surface area contributed by atoms with Gasteiger partial charge in [-0.25, -0.2) is 9.48 Å². The van der Waals surface area contributed by atoms with Crippen LogP contribution in [0.15, 0.2) is 53.2 Å². The Labute approximate surface area is 224 Å². The maximum atomic E-state index is 12.7. The highest BCUT2D eigenvalue weighted by atomic mass is 19.3. The van der Waals surface area contributed by atoms with Gasteiger partial charge in [-0.2, -0.15) is 8.78 Å². The zero-order chi connectivity index (χ0) is 27.6. The molecule has 39 heavy (non-hydrogen) atoms. The Hall–Kier alpha value is -4.22. The maximum Gasteiger partial charge on any atom is 0.410 e. The Balaban J connectivity index is 1.20. The Bertz CT molecular complexity index is 1420. The molecule has 0 radical (unpaired) electrons. The van der Waals surface area contributed by atoms with Gasteiger partial charge in [0.15, 0.2) is 0 Å². The summed E-state index contributed by atoms with van der Waals surface area (Å²) >= 11 is 0. The number of halogens is 2. The maximum absolute atomic E-state index is 12.7. The van der Waals surface area contributed by atoms with Crippen LogP contribution < -0.4 is 0 Å². The molecule has 0 saturated carbocycles. The molecule has 4 aromatic rings. The Morgan fingerprint density at radius 2 is 1.90 bits per heavy atom. The molecular formula is C27H29F2N7O3. The summed E-state index contributed by atoms with van der Waals surface area (Å²) in [6.45, 7) is 7.31. The lowest BCUT2D eigenvalue weighted by Crippen LogP contribution is -2.41. The second kappa shape index (κ2) is 10.9. The monoisotopic (exact) mass is 537 g/mol. The number of rotatable bonds is 6. The first-order valence-electron chi connectivity index (χ1n) is 12.7. The predicted octanol–water partition coefficient (Wildman–Crippen LogP) is 5.49. The van der Waals surface area contributed by atoms with Crippen molar-refractivity contribution in [2.75, 3.05) is 13.1 Å². The molecule has 0 N–H and O–H groups in total. The van der Waals surface area contributed by atoms with Crippen LogP contribution in [-0.4, -0.2) is 59.9 Å². The smallest absolute Gasteiger partial charge is 0.410 e. The van der Waals surface area contributed by atoms with Gasteiger partial charge in [-0.1, -0.05) is 23.4 Å². The molecule has 5 rings (SSSR count). The number of alkyl halides is 2. The van der Waals surface area contributed by atoms with Crippen LogP contribution in [-0.2, 0) is 11.3 Å². The zero-order valence-corrected chi connectivity index (χ0v) is 21.9. The van der Waals surface area contributed by atoms with E-state index in [2.05, 4.69) is 37.6 Å². The summed E-state index contributed by atoms with van der Waals surface area (Å²) in [6, 6.07) is 11.7. The topological polar surface area (TPSA) is 112 Å². The number of likely N-dealkylation sites (tertiary alicyclic amines) is 1. The summed E-state index contributed by atoms with van der Waals surface area (Å²) in [6.07, 6.45) is 2.00. The number of carbonyl (C=O) groups excluding carboxylic acids is 1. The highest BCUT2D eigenvalue weighted by Gasteiger charge is 2.27. The van der Waals surface area contributed by atoms with E-state index in [1.54, 1.807) is 21.7 Å². The molecule has 0 spiro atoms. The van der Waals surface area contributed by atoms with Gasteiger partial charge in [0.25, 0.3) is 5.89 Å². The van der Waals surface area contributed by atoms with Crippen LogP contribution in [0.25, 0.3) is 22.7 Å². The van der Waals surface area contributed by atoms with E-state index >= 15 is 0 Å². The van der Waals surface area contributed by atoms with Gasteiger partial charge in [0.1, 0.15) is 11.3 Å². The van der Waals surface area contributed by atoms with Crippen molar-refractivity contribution in [1.29, 1.82) is 0 Å². The number of amides is 1. The second-order valence-electron chi connectivity index (χ2n) is 10.5. The molecule has 0 bridgehead atoms. The van der Waals surface area contributed by atoms with E-state index in [-0.39, 0.29) is 12.0 Å². The fourth-order valence-electron chi connectivity index (χ4n) is 4.43. The quantitative estimate of drug-likeness (QED) is 0.317. The van der Waals surface area contributed by atoms with E-state index in [4.69, 9.17) is 9.15 Å². The molecule has 1 fully saturated rings. The van der Waals surface area contributed by atoms with Crippen molar-refractivity contribution in [2.24, 2.45) is 0 Å². The number of piperidine rings is 1. The molecule has 4 heterocycles. The fourth-order valence-corrected chi connectivity index (χ4v) is 4.43. The van der Waals surface area contributed by atoms with Crippen LogP contribution in [0, 0.1) is 0 Å². The molecule has 12 heteroatoms. The summed E-state index contributed by atoms with van der Waals surface area (Å²) in [4.78, 5) is 18.5. The molecular weight excluding hydrogens is 508 g/mol. The largest absolute Gasteiger partial charge is 0.444 e. The fraction of sp³-hybridized carbons (Fsp3) is 0.407. The van der Waals surface area contributed by atoms with Gasteiger partial charge in [-0.3, -0.25) is 4.98 Å². The van der Waals surface area contributed by atoms with Gasteiger partial charge in [-0.05, 0) is 63.3 Å². The van der Waals surface area contributed by atoms with Crippen LogP contribution >= 0.6 is 0 Å². The van der Waals surface area contributed by atoms with Gasteiger partial charge in [0.05, 0.1) is 24.0 Å². The van der Waals surface area contributed by atoms with Gasteiger partial charge in [-0.15, -0.1) is 15.3 Å². The summed E-state index contributed by atoms with van der Waals surface area (Å²) < 4.78 is 37.5. The molecule has 0 aliphatic carbocycles. The van der Waals surface area contributed by atoms with E-state index < -0.39 is 17.9 Å². The van der Waals surface area contributed by atoms with Gasteiger partial charge in [0.2, 0.25) is 5.89 Å². The average molecular weight is 538 g/mol. The Morgan fingerprint density at radius 3 is 2.56 bits per heavy atom. The zero-order valence-electron chi connectivity index (χ0n) is 21.9. The SMILES string of the molecule is CC(C)(C)OC(=O)N1CCC(c2cccc(-c3cn(Cc4ccc(-c5nnc(C(F)F)o5)cn4)nn3)c2)CC1. The normalized spacial score (nSPS) is 14.7. The van der Waals surface area contributed by atoms with E-state index in [0.717, 1.165) is 24.1 Å². The number of carbonyl (C=O) groups is 1. The second-order valence-corrected chi connectivity index (χ2v) is 10.5. The van der Waals surface area contributed by atoms with Gasteiger partial charge >= 0.3 is 12.5 Å². The summed E-state index contributed by atoms with van der Waals surface area (Å²) in [5, 5.41) is 15.5. The van der Waals surface area contributed by atoms with Crippen LogP contribution in [0.2, 0.25) is 0 Å². The van der Waals surface area contributed by atoms with Crippen LogP contribution in [0.3, 0.4) is 0 Å². The standard InChI is InChI=1S/C27H29F2N7O3/c1-27(2,3)39-26(37)35-11-9-17(10-12-35)18-5-4-6-19(13-18)22-16-36(34-31-22)15-21-8-7-20(14-30-21)24-32-33-25(38-24)23(28)29/h4-8,13-14,16-17,23H,9-12,15H2,1-3H3. The number of ether oxygens (including phenoxy) is 1. The van der Waals surface area contributed by atoms with Crippen molar-refractivity contribution in [1.82, 2.24) is 35.1 Å². The molecule has 0 unspecified atom stereocenters. The van der Waals surface area contributed by atoms with Gasteiger partial charge < -0.3 is 14.1 Å². The van der Waals surface area contributed by atoms with Crippen molar-refractivity contribution in [2.45, 2.75) is 58.1 Å². The van der Waals surface area contributed by atoms with Crippen LogP contribution in [0.4, 0.5) is 13.6 Å². The molecule has 204 valence electrons. The van der Waals surface area contributed by atoms with Crippen LogP contribution in [0.1, 0.15) is 63.1 Å². The first-order valence-corrected chi connectivity index (χ1v) is 12.7. The molecule has 10 nitrogen and oxygen atoms in total. The molecule has 1 amide bonds. The van der Waals surface area contributed by atoms with E-state index in [9.17, 15) is 13.6 Å². The third-order valence-electron chi connectivity index (χ3n) is 6.36. The molecule has 1 aliphatic heterocycles. The average Bonchev–Trinajstić information content (AvgIpc) is 3.59. The van der Waals surface area contributed by atoms with Crippen LogP contribution in [0.5, 0.6) is 0 Å². The van der Waals surface area contributed by atoms with Crippen molar-refractivity contribution in [3.8, 4) is 22.7 Å². The third-order valence-corrected chi connectivity index (χ3v) is 6.36. The lowest BCUT2D eigenvalue weighted by atomic mass is 9.88. The Morgan fingerprint density at radius 1 is 1.10 bits per heavy atom.